The molecule has 1 amide bonds. The molecule has 6 nitrogen and oxygen atoms in total. The van der Waals surface area contributed by atoms with Gasteiger partial charge in [0.2, 0.25) is 0 Å². The molecule has 2 aromatic heterocycles. The Morgan fingerprint density at radius 2 is 2.16 bits per heavy atom. The fraction of sp³-hybridized carbons (Fsp3) is 0.308. The molecular formula is C13H17N5O. The molecule has 1 N–H and O–H groups in total. The number of hydrogen-bond donors (Lipinski definition) is 1. The van der Waals surface area contributed by atoms with E-state index in [2.05, 4.69) is 15.4 Å². The first-order valence-corrected chi connectivity index (χ1v) is 5.96. The number of pyridine rings is 1. The van der Waals surface area contributed by atoms with Crippen molar-refractivity contribution in [3.8, 4) is 0 Å². The number of nitrogens with zero attached hydrogens (tertiary/aromatic N) is 4. The highest BCUT2D eigenvalue weighted by molar-refractivity contribution is 5.93. The third kappa shape index (κ3) is 3.09. The fourth-order valence-electron chi connectivity index (χ4n) is 1.63. The highest BCUT2D eigenvalue weighted by Crippen LogP contribution is 2.07. The van der Waals surface area contributed by atoms with Gasteiger partial charge in [-0.3, -0.25) is 9.48 Å². The first kappa shape index (κ1) is 13.1. The topological polar surface area (TPSA) is 63.1 Å². The average Bonchev–Trinajstić information content (AvgIpc) is 2.81. The van der Waals surface area contributed by atoms with Crippen LogP contribution in [0, 0.1) is 0 Å². The first-order valence-electron chi connectivity index (χ1n) is 5.96. The Hall–Kier alpha value is -2.37. The van der Waals surface area contributed by atoms with Crippen LogP contribution in [0.4, 0.5) is 5.82 Å². The van der Waals surface area contributed by atoms with Crippen LogP contribution in [-0.2, 0) is 13.6 Å². The molecule has 0 aliphatic carbocycles. The first-order chi connectivity index (χ1) is 9.08. The second kappa shape index (κ2) is 5.51. The Kier molecular flexibility index (Phi) is 3.79. The largest absolute Gasteiger partial charge is 0.363 e. The Morgan fingerprint density at radius 3 is 2.68 bits per heavy atom. The Balaban J connectivity index is 1.98. The number of carbonyl (C=O) groups excluding carboxylic acids is 1. The van der Waals surface area contributed by atoms with E-state index >= 15 is 0 Å². The van der Waals surface area contributed by atoms with Gasteiger partial charge in [0.05, 0.1) is 17.8 Å². The molecule has 2 rings (SSSR count). The Morgan fingerprint density at radius 1 is 1.37 bits per heavy atom. The van der Waals surface area contributed by atoms with Gasteiger partial charge in [0, 0.05) is 33.5 Å². The van der Waals surface area contributed by atoms with Crippen LogP contribution in [0.3, 0.4) is 0 Å². The molecule has 0 spiro atoms. The van der Waals surface area contributed by atoms with E-state index in [-0.39, 0.29) is 5.91 Å². The van der Waals surface area contributed by atoms with Gasteiger partial charge in [-0.2, -0.15) is 5.10 Å². The molecule has 0 fully saturated rings. The van der Waals surface area contributed by atoms with E-state index < -0.39 is 0 Å². The number of nitrogens with one attached hydrogen (secondary N) is 1. The van der Waals surface area contributed by atoms with Crippen LogP contribution in [0.5, 0.6) is 0 Å². The number of aromatic nitrogens is 3. The zero-order chi connectivity index (χ0) is 13.8. The molecule has 0 bridgehead atoms. The highest BCUT2D eigenvalue weighted by Gasteiger charge is 2.07. The van der Waals surface area contributed by atoms with Gasteiger partial charge in [-0.1, -0.05) is 0 Å². The lowest BCUT2D eigenvalue weighted by Crippen LogP contribution is -2.24. The third-order valence-corrected chi connectivity index (χ3v) is 2.82. The van der Waals surface area contributed by atoms with Crippen molar-refractivity contribution in [2.45, 2.75) is 6.54 Å². The van der Waals surface area contributed by atoms with E-state index in [4.69, 9.17) is 0 Å². The molecule has 0 aliphatic heterocycles. The second-order valence-electron chi connectivity index (χ2n) is 4.43. The summed E-state index contributed by atoms with van der Waals surface area (Å²) in [4.78, 5) is 18.0. The standard InChI is InChI=1S/C13H17N5O/c1-17(2)12-5-4-10(8-14-12)13(19)15-9-11-6-7-16-18(11)3/h4-8H,9H2,1-3H3,(H,15,19). The molecular weight excluding hydrogens is 242 g/mol. The van der Waals surface area contributed by atoms with Crippen LogP contribution in [0.1, 0.15) is 16.1 Å². The number of rotatable bonds is 4. The van der Waals surface area contributed by atoms with E-state index in [1.165, 1.54) is 0 Å². The van der Waals surface area contributed by atoms with Crippen molar-refractivity contribution in [1.29, 1.82) is 0 Å². The minimum Gasteiger partial charge on any atom is -0.363 e. The summed E-state index contributed by atoms with van der Waals surface area (Å²) >= 11 is 0. The maximum atomic E-state index is 11.9. The fourth-order valence-corrected chi connectivity index (χ4v) is 1.63. The number of anilines is 1. The lowest BCUT2D eigenvalue weighted by molar-refractivity contribution is 0.0949. The Labute approximate surface area is 112 Å². The summed E-state index contributed by atoms with van der Waals surface area (Å²) in [7, 11) is 5.66. The molecule has 2 heterocycles. The summed E-state index contributed by atoms with van der Waals surface area (Å²) in [6, 6.07) is 5.45. The normalized spacial score (nSPS) is 10.3. The quantitative estimate of drug-likeness (QED) is 0.882. The lowest BCUT2D eigenvalue weighted by Gasteiger charge is -2.11. The molecule has 0 aromatic carbocycles. The van der Waals surface area contributed by atoms with Crippen molar-refractivity contribution < 1.29 is 4.79 Å². The van der Waals surface area contributed by atoms with E-state index in [1.54, 1.807) is 23.1 Å². The van der Waals surface area contributed by atoms with Crippen molar-refractivity contribution in [3.63, 3.8) is 0 Å². The smallest absolute Gasteiger partial charge is 0.253 e. The SMILES string of the molecule is CN(C)c1ccc(C(=O)NCc2ccnn2C)cn1. The van der Waals surface area contributed by atoms with E-state index in [9.17, 15) is 4.79 Å². The van der Waals surface area contributed by atoms with Crippen molar-refractivity contribution in [2.75, 3.05) is 19.0 Å². The van der Waals surface area contributed by atoms with E-state index in [1.807, 2.05) is 38.2 Å². The zero-order valence-electron chi connectivity index (χ0n) is 11.3. The molecule has 6 heteroatoms. The van der Waals surface area contributed by atoms with Crippen LogP contribution in [0.2, 0.25) is 0 Å². The maximum Gasteiger partial charge on any atom is 0.253 e. The maximum absolute atomic E-state index is 11.9. The average molecular weight is 259 g/mol. The van der Waals surface area contributed by atoms with E-state index in [0.717, 1.165) is 11.5 Å². The summed E-state index contributed by atoms with van der Waals surface area (Å²) in [6.07, 6.45) is 3.28. The van der Waals surface area contributed by atoms with Crippen molar-refractivity contribution in [2.24, 2.45) is 7.05 Å². The molecule has 0 aliphatic rings. The highest BCUT2D eigenvalue weighted by atomic mass is 16.1. The predicted molar refractivity (Wildman–Crippen MR) is 72.9 cm³/mol. The van der Waals surface area contributed by atoms with Gasteiger partial charge in [0.1, 0.15) is 5.82 Å². The summed E-state index contributed by atoms with van der Waals surface area (Å²) in [6.45, 7) is 0.449. The number of hydrogen-bond acceptors (Lipinski definition) is 4. The molecule has 0 saturated heterocycles. The minimum atomic E-state index is -0.140. The molecule has 2 aromatic rings. The summed E-state index contributed by atoms with van der Waals surface area (Å²) < 4.78 is 1.73. The van der Waals surface area contributed by atoms with Crippen LogP contribution in [0.15, 0.2) is 30.6 Å². The van der Waals surface area contributed by atoms with Gasteiger partial charge in [-0.05, 0) is 18.2 Å². The zero-order valence-corrected chi connectivity index (χ0v) is 11.3. The summed E-state index contributed by atoms with van der Waals surface area (Å²) in [5.41, 5.74) is 1.50. The van der Waals surface area contributed by atoms with Gasteiger partial charge in [0.15, 0.2) is 0 Å². The third-order valence-electron chi connectivity index (χ3n) is 2.82. The van der Waals surface area contributed by atoms with Crippen molar-refractivity contribution in [1.82, 2.24) is 20.1 Å². The van der Waals surface area contributed by atoms with Gasteiger partial charge in [-0.25, -0.2) is 4.98 Å². The molecule has 19 heavy (non-hydrogen) atoms. The van der Waals surface area contributed by atoms with Crippen LogP contribution in [-0.4, -0.2) is 34.8 Å². The van der Waals surface area contributed by atoms with Gasteiger partial charge in [-0.15, -0.1) is 0 Å². The van der Waals surface area contributed by atoms with Crippen LogP contribution >= 0.6 is 0 Å². The van der Waals surface area contributed by atoms with Crippen LogP contribution in [0.25, 0.3) is 0 Å². The molecule has 0 atom stereocenters. The monoisotopic (exact) mass is 259 g/mol. The molecule has 0 unspecified atom stereocenters. The van der Waals surface area contributed by atoms with Gasteiger partial charge < -0.3 is 10.2 Å². The minimum absolute atomic E-state index is 0.140. The molecule has 0 saturated carbocycles. The number of carbonyl (C=O) groups is 1. The number of aryl methyl sites for hydroxylation is 1. The number of amides is 1. The van der Waals surface area contributed by atoms with Crippen molar-refractivity contribution >= 4 is 11.7 Å². The molecule has 100 valence electrons. The summed E-state index contributed by atoms with van der Waals surface area (Å²) in [5.74, 6) is 0.683. The van der Waals surface area contributed by atoms with Gasteiger partial charge in [0.25, 0.3) is 5.91 Å². The van der Waals surface area contributed by atoms with Crippen molar-refractivity contribution in [3.05, 3.63) is 41.9 Å². The lowest BCUT2D eigenvalue weighted by atomic mass is 10.2. The van der Waals surface area contributed by atoms with Gasteiger partial charge >= 0.3 is 0 Å². The Bertz CT molecular complexity index is 559. The second-order valence-corrected chi connectivity index (χ2v) is 4.43. The van der Waals surface area contributed by atoms with Crippen LogP contribution < -0.4 is 10.2 Å². The summed E-state index contributed by atoms with van der Waals surface area (Å²) in [5, 5.41) is 6.88. The predicted octanol–water partition coefficient (Wildman–Crippen LogP) is 0.811. The van der Waals surface area contributed by atoms with E-state index in [0.29, 0.717) is 12.1 Å². The molecule has 0 radical (unpaired) electrons.